The monoisotopic (exact) mass is 176 g/mol. The van der Waals surface area contributed by atoms with Gasteiger partial charge in [0.2, 0.25) is 0 Å². The highest BCUT2D eigenvalue weighted by Crippen LogP contribution is 2.48. The van der Waals surface area contributed by atoms with Crippen molar-refractivity contribution >= 4 is 12.4 Å². The Morgan fingerprint density at radius 3 is 2.45 bits per heavy atom. The number of fused-ring (bicyclic) bond motifs is 1. The van der Waals surface area contributed by atoms with Gasteiger partial charge >= 0.3 is 0 Å². The molecule has 0 radical (unpaired) electrons. The van der Waals surface area contributed by atoms with Crippen molar-refractivity contribution in [3.8, 4) is 0 Å². The molecule has 3 fully saturated rings. The van der Waals surface area contributed by atoms with E-state index >= 15 is 0 Å². The third kappa shape index (κ3) is 1.68. The van der Waals surface area contributed by atoms with Crippen molar-refractivity contribution in [1.29, 1.82) is 0 Å². The Morgan fingerprint density at radius 1 is 1.27 bits per heavy atom. The van der Waals surface area contributed by atoms with E-state index in [1.54, 1.807) is 0 Å². The van der Waals surface area contributed by atoms with E-state index in [-0.39, 0.29) is 12.4 Å². The van der Waals surface area contributed by atoms with E-state index in [1.165, 1.54) is 19.3 Å². The lowest BCUT2D eigenvalue weighted by Crippen LogP contribution is -2.34. The Morgan fingerprint density at radius 2 is 2.00 bits per heavy atom. The van der Waals surface area contributed by atoms with Gasteiger partial charge in [-0.05, 0) is 31.1 Å². The molecule has 0 amide bonds. The van der Waals surface area contributed by atoms with Gasteiger partial charge in [0.05, 0.1) is 0 Å². The van der Waals surface area contributed by atoms with Crippen molar-refractivity contribution in [2.45, 2.75) is 25.3 Å². The highest BCUT2D eigenvalue weighted by atomic mass is 35.5. The summed E-state index contributed by atoms with van der Waals surface area (Å²) < 4.78 is 0. The maximum absolute atomic E-state index is 5.40. The van der Waals surface area contributed by atoms with Gasteiger partial charge in [0.15, 0.2) is 0 Å². The summed E-state index contributed by atoms with van der Waals surface area (Å²) in [5, 5.41) is 3.50. The van der Waals surface area contributed by atoms with Crippen LogP contribution in [0.15, 0.2) is 0 Å². The topological polar surface area (TPSA) is 38.0 Å². The number of hydrogen-bond donors (Lipinski definition) is 2. The average molecular weight is 177 g/mol. The molecule has 2 bridgehead atoms. The highest BCUT2D eigenvalue weighted by Gasteiger charge is 2.43. The molecular formula is C8H17ClN2. The number of nitrogens with two attached hydrogens (primary N) is 1. The van der Waals surface area contributed by atoms with Gasteiger partial charge in [-0.1, -0.05) is 0 Å². The van der Waals surface area contributed by atoms with Crippen LogP contribution in [0.5, 0.6) is 0 Å². The molecule has 0 aromatic rings. The first-order chi connectivity index (χ1) is 4.90. The zero-order valence-electron chi connectivity index (χ0n) is 6.75. The van der Waals surface area contributed by atoms with Gasteiger partial charge in [-0.15, -0.1) is 12.4 Å². The third-order valence-corrected chi connectivity index (χ3v) is 2.98. The van der Waals surface area contributed by atoms with Crippen molar-refractivity contribution < 1.29 is 0 Å². The van der Waals surface area contributed by atoms with E-state index in [9.17, 15) is 0 Å². The number of nitrogens with one attached hydrogen (secondary N) is 1. The van der Waals surface area contributed by atoms with Crippen LogP contribution in [-0.4, -0.2) is 19.1 Å². The van der Waals surface area contributed by atoms with Gasteiger partial charge in [-0.2, -0.15) is 0 Å². The first-order valence-electron chi connectivity index (χ1n) is 4.33. The molecule has 3 N–H and O–H groups in total. The van der Waals surface area contributed by atoms with E-state index in [2.05, 4.69) is 5.32 Å². The molecule has 0 aromatic carbocycles. The maximum atomic E-state index is 5.40. The summed E-state index contributed by atoms with van der Waals surface area (Å²) in [4.78, 5) is 0. The molecule has 0 heterocycles. The first kappa shape index (κ1) is 9.30. The van der Waals surface area contributed by atoms with Crippen LogP contribution >= 0.6 is 12.4 Å². The molecule has 3 rings (SSSR count). The fourth-order valence-corrected chi connectivity index (χ4v) is 2.38. The number of rotatable bonds is 3. The van der Waals surface area contributed by atoms with Crippen LogP contribution in [0.2, 0.25) is 0 Å². The molecule has 1 unspecified atom stereocenters. The van der Waals surface area contributed by atoms with Gasteiger partial charge in [0.1, 0.15) is 0 Å². The zero-order valence-corrected chi connectivity index (χ0v) is 7.57. The summed E-state index contributed by atoms with van der Waals surface area (Å²) in [5.41, 5.74) is 5.40. The Labute approximate surface area is 74.3 Å². The molecule has 0 spiro atoms. The molecule has 1 atom stereocenters. The summed E-state index contributed by atoms with van der Waals surface area (Å²) in [6.07, 6.45) is 4.40. The minimum atomic E-state index is 0. The van der Waals surface area contributed by atoms with E-state index in [0.29, 0.717) is 0 Å². The molecule has 3 aliphatic carbocycles. The smallest absolute Gasteiger partial charge is 0.00987 e. The third-order valence-electron chi connectivity index (χ3n) is 2.98. The van der Waals surface area contributed by atoms with Gasteiger partial charge in [-0.3, -0.25) is 0 Å². The molecule has 0 aliphatic heterocycles. The van der Waals surface area contributed by atoms with Gasteiger partial charge in [-0.25, -0.2) is 0 Å². The number of hydrogen-bond acceptors (Lipinski definition) is 2. The average Bonchev–Trinajstić information content (AvgIpc) is 2.37. The van der Waals surface area contributed by atoms with Crippen LogP contribution in [0.25, 0.3) is 0 Å². The molecule has 3 heteroatoms. The standard InChI is InChI=1S/C8H16N2.ClH/c9-1-2-10-8-5-6-3-7(8)4-6;/h6-8,10H,1-5,9H2;1H. The van der Waals surface area contributed by atoms with Gasteiger partial charge < -0.3 is 11.1 Å². The summed E-state index contributed by atoms with van der Waals surface area (Å²) in [5.74, 6) is 2.08. The van der Waals surface area contributed by atoms with Crippen molar-refractivity contribution in [3.63, 3.8) is 0 Å². The lowest BCUT2D eigenvalue weighted by molar-refractivity contribution is 0.283. The van der Waals surface area contributed by atoms with Crippen molar-refractivity contribution in [2.24, 2.45) is 17.6 Å². The van der Waals surface area contributed by atoms with Gasteiger partial charge in [0.25, 0.3) is 0 Å². The Hall–Kier alpha value is 0.210. The van der Waals surface area contributed by atoms with Crippen LogP contribution in [-0.2, 0) is 0 Å². The quantitative estimate of drug-likeness (QED) is 0.667. The Bertz CT molecular complexity index is 123. The molecule has 11 heavy (non-hydrogen) atoms. The van der Waals surface area contributed by atoms with Gasteiger partial charge in [0, 0.05) is 19.1 Å². The molecule has 2 nitrogen and oxygen atoms in total. The summed E-state index contributed by atoms with van der Waals surface area (Å²) in [6, 6.07) is 0.827. The lowest BCUT2D eigenvalue weighted by Gasteiger charge is -2.24. The largest absolute Gasteiger partial charge is 0.329 e. The fraction of sp³-hybridized carbons (Fsp3) is 1.00. The summed E-state index contributed by atoms with van der Waals surface area (Å²) in [7, 11) is 0. The second kappa shape index (κ2) is 3.74. The van der Waals surface area contributed by atoms with Crippen molar-refractivity contribution in [3.05, 3.63) is 0 Å². The summed E-state index contributed by atoms with van der Waals surface area (Å²) >= 11 is 0. The molecule has 0 aromatic heterocycles. The minimum absolute atomic E-state index is 0. The fourth-order valence-electron chi connectivity index (χ4n) is 2.38. The molecular weight excluding hydrogens is 160 g/mol. The lowest BCUT2D eigenvalue weighted by atomic mass is 9.84. The normalized spacial score (nSPS) is 39.5. The molecule has 0 saturated heterocycles. The predicted octanol–water partition coefficient (Wildman–Crippen LogP) is 0.755. The highest BCUT2D eigenvalue weighted by molar-refractivity contribution is 5.85. The van der Waals surface area contributed by atoms with E-state index in [1.807, 2.05) is 0 Å². The maximum Gasteiger partial charge on any atom is 0.00987 e. The second-order valence-corrected chi connectivity index (χ2v) is 3.68. The van der Waals surface area contributed by atoms with Crippen LogP contribution in [0, 0.1) is 11.8 Å². The van der Waals surface area contributed by atoms with Crippen molar-refractivity contribution in [2.75, 3.05) is 13.1 Å². The summed E-state index contributed by atoms with van der Waals surface area (Å²) in [6.45, 7) is 1.79. The van der Waals surface area contributed by atoms with Crippen LogP contribution in [0.4, 0.5) is 0 Å². The predicted molar refractivity (Wildman–Crippen MR) is 48.9 cm³/mol. The zero-order chi connectivity index (χ0) is 6.97. The van der Waals surface area contributed by atoms with Crippen LogP contribution in [0.3, 0.4) is 0 Å². The Kier molecular flexibility index (Phi) is 3.16. The van der Waals surface area contributed by atoms with Crippen molar-refractivity contribution in [1.82, 2.24) is 5.32 Å². The minimum Gasteiger partial charge on any atom is -0.329 e. The van der Waals surface area contributed by atoms with Crippen LogP contribution < -0.4 is 11.1 Å². The van der Waals surface area contributed by atoms with E-state index < -0.39 is 0 Å². The van der Waals surface area contributed by atoms with E-state index in [0.717, 1.165) is 31.0 Å². The molecule has 66 valence electrons. The Balaban J connectivity index is 0.000000605. The molecule has 3 aliphatic rings. The second-order valence-electron chi connectivity index (χ2n) is 3.68. The molecule has 3 saturated carbocycles. The van der Waals surface area contributed by atoms with E-state index in [4.69, 9.17) is 5.73 Å². The SMILES string of the molecule is Cl.NCCNC1CC2CC1C2. The van der Waals surface area contributed by atoms with Crippen LogP contribution in [0.1, 0.15) is 19.3 Å². The first-order valence-corrected chi connectivity index (χ1v) is 4.33. The number of halogens is 1.